The number of rotatable bonds is 8. The van der Waals surface area contributed by atoms with Crippen LogP contribution < -0.4 is 24.3 Å². The van der Waals surface area contributed by atoms with Crippen LogP contribution in [0.5, 0.6) is 23.0 Å². The van der Waals surface area contributed by atoms with E-state index in [1.54, 1.807) is 35.9 Å². The van der Waals surface area contributed by atoms with Gasteiger partial charge >= 0.3 is 0 Å². The van der Waals surface area contributed by atoms with Crippen molar-refractivity contribution in [3.63, 3.8) is 0 Å². The standard InChI is InChI=1S/C20H20N4O5S/c1-24-18(10-27-15-5-3-4-14(9-15)26-2)22-23-20(24)30-11-19(25)21-13-6-7-16-17(8-13)29-12-28-16/h3-9H,10-12H2,1-2H3,(H,21,25). The summed E-state index contributed by atoms with van der Waals surface area (Å²) in [5.41, 5.74) is 0.648. The summed E-state index contributed by atoms with van der Waals surface area (Å²) in [5, 5.41) is 11.8. The largest absolute Gasteiger partial charge is 0.497 e. The summed E-state index contributed by atoms with van der Waals surface area (Å²) in [7, 11) is 3.44. The van der Waals surface area contributed by atoms with Crippen molar-refractivity contribution in [3.05, 3.63) is 48.3 Å². The van der Waals surface area contributed by atoms with Crippen molar-refractivity contribution >= 4 is 23.4 Å². The van der Waals surface area contributed by atoms with E-state index in [9.17, 15) is 4.79 Å². The third kappa shape index (κ3) is 4.60. The Bertz CT molecular complexity index is 1060. The van der Waals surface area contributed by atoms with Gasteiger partial charge in [0.2, 0.25) is 12.7 Å². The second kappa shape index (κ2) is 8.95. The molecule has 0 fully saturated rings. The highest BCUT2D eigenvalue weighted by Gasteiger charge is 2.15. The van der Waals surface area contributed by atoms with Crippen LogP contribution in [0.25, 0.3) is 0 Å². The first kappa shape index (κ1) is 19.9. The normalized spacial score (nSPS) is 11.9. The first-order chi connectivity index (χ1) is 14.6. The van der Waals surface area contributed by atoms with Crippen molar-refractivity contribution in [2.75, 3.05) is 25.0 Å². The zero-order valence-corrected chi connectivity index (χ0v) is 17.3. The van der Waals surface area contributed by atoms with Gasteiger partial charge < -0.3 is 28.8 Å². The molecular weight excluding hydrogens is 408 g/mol. The average molecular weight is 428 g/mol. The summed E-state index contributed by atoms with van der Waals surface area (Å²) in [5.74, 6) is 3.37. The first-order valence-electron chi connectivity index (χ1n) is 9.10. The lowest BCUT2D eigenvalue weighted by Crippen LogP contribution is -2.14. The molecule has 1 amide bonds. The molecule has 1 N–H and O–H groups in total. The van der Waals surface area contributed by atoms with Crippen molar-refractivity contribution in [1.29, 1.82) is 0 Å². The molecule has 0 aliphatic carbocycles. The van der Waals surface area contributed by atoms with Crippen molar-refractivity contribution in [2.45, 2.75) is 11.8 Å². The van der Waals surface area contributed by atoms with E-state index >= 15 is 0 Å². The predicted molar refractivity (Wildman–Crippen MR) is 110 cm³/mol. The molecule has 0 saturated carbocycles. The molecule has 4 rings (SSSR count). The van der Waals surface area contributed by atoms with Crippen LogP contribution in [0.4, 0.5) is 5.69 Å². The molecule has 0 spiro atoms. The number of methoxy groups -OCH3 is 1. The number of fused-ring (bicyclic) bond motifs is 1. The molecule has 0 radical (unpaired) electrons. The molecule has 2 aromatic carbocycles. The highest BCUT2D eigenvalue weighted by atomic mass is 32.2. The van der Waals surface area contributed by atoms with E-state index in [1.165, 1.54) is 11.8 Å². The number of thioether (sulfide) groups is 1. The van der Waals surface area contributed by atoms with E-state index < -0.39 is 0 Å². The van der Waals surface area contributed by atoms with Gasteiger partial charge in [0.25, 0.3) is 0 Å². The number of hydrogen-bond donors (Lipinski definition) is 1. The van der Waals surface area contributed by atoms with Gasteiger partial charge in [-0.15, -0.1) is 10.2 Å². The molecule has 9 nitrogen and oxygen atoms in total. The number of carbonyl (C=O) groups is 1. The lowest BCUT2D eigenvalue weighted by atomic mass is 10.3. The molecule has 0 unspecified atom stereocenters. The van der Waals surface area contributed by atoms with Crippen molar-refractivity contribution in [1.82, 2.24) is 14.8 Å². The topological polar surface area (TPSA) is 96.7 Å². The lowest BCUT2D eigenvalue weighted by Gasteiger charge is -2.08. The van der Waals surface area contributed by atoms with Gasteiger partial charge in [0, 0.05) is 24.9 Å². The van der Waals surface area contributed by atoms with E-state index in [0.717, 1.165) is 5.75 Å². The van der Waals surface area contributed by atoms with Gasteiger partial charge in [-0.05, 0) is 24.3 Å². The molecule has 3 aromatic rings. The van der Waals surface area contributed by atoms with Crippen LogP contribution in [0.1, 0.15) is 5.82 Å². The maximum absolute atomic E-state index is 12.3. The van der Waals surface area contributed by atoms with E-state index in [-0.39, 0.29) is 25.1 Å². The number of nitrogens with zero attached hydrogens (tertiary/aromatic N) is 3. The number of nitrogens with one attached hydrogen (secondary N) is 1. The Morgan fingerprint density at radius 1 is 1.17 bits per heavy atom. The third-order valence-electron chi connectivity index (χ3n) is 4.32. The summed E-state index contributed by atoms with van der Waals surface area (Å²) < 4.78 is 23.3. The van der Waals surface area contributed by atoms with E-state index in [2.05, 4.69) is 15.5 Å². The van der Waals surface area contributed by atoms with Crippen LogP contribution >= 0.6 is 11.8 Å². The molecule has 0 atom stereocenters. The molecule has 0 bridgehead atoms. The lowest BCUT2D eigenvalue weighted by molar-refractivity contribution is -0.113. The molecule has 1 aromatic heterocycles. The van der Waals surface area contributed by atoms with Crippen molar-refractivity contribution in [2.24, 2.45) is 7.05 Å². The average Bonchev–Trinajstić information content (AvgIpc) is 3.37. The molecule has 2 heterocycles. The van der Waals surface area contributed by atoms with E-state index in [0.29, 0.717) is 33.9 Å². The van der Waals surface area contributed by atoms with Gasteiger partial charge in [-0.1, -0.05) is 17.8 Å². The number of carbonyl (C=O) groups excluding carboxylic acids is 1. The summed E-state index contributed by atoms with van der Waals surface area (Å²) in [6, 6.07) is 12.6. The Morgan fingerprint density at radius 3 is 2.87 bits per heavy atom. The Kier molecular flexibility index (Phi) is 5.94. The van der Waals surface area contributed by atoms with Gasteiger partial charge in [0.15, 0.2) is 22.5 Å². The second-order valence-corrected chi connectivity index (χ2v) is 7.27. The minimum Gasteiger partial charge on any atom is -0.497 e. The molecule has 0 saturated heterocycles. The number of hydrogen-bond acceptors (Lipinski definition) is 8. The fourth-order valence-electron chi connectivity index (χ4n) is 2.74. The summed E-state index contributed by atoms with van der Waals surface area (Å²) in [4.78, 5) is 12.3. The number of aromatic nitrogens is 3. The van der Waals surface area contributed by atoms with Gasteiger partial charge in [0.1, 0.15) is 18.1 Å². The molecule has 1 aliphatic rings. The fourth-order valence-corrected chi connectivity index (χ4v) is 3.47. The van der Waals surface area contributed by atoms with E-state index in [1.807, 2.05) is 25.2 Å². The molecule has 10 heteroatoms. The monoisotopic (exact) mass is 428 g/mol. The highest BCUT2D eigenvalue weighted by molar-refractivity contribution is 7.99. The van der Waals surface area contributed by atoms with Crippen molar-refractivity contribution < 1.29 is 23.7 Å². The Balaban J connectivity index is 1.29. The molecule has 1 aliphatic heterocycles. The number of benzene rings is 2. The van der Waals surface area contributed by atoms with Gasteiger partial charge in [-0.25, -0.2) is 0 Å². The SMILES string of the molecule is COc1cccc(OCc2nnc(SCC(=O)Nc3ccc4c(c3)OCO4)n2C)c1. The minimum atomic E-state index is -0.156. The minimum absolute atomic E-state index is 0.156. The van der Waals surface area contributed by atoms with Crippen LogP contribution in [0.3, 0.4) is 0 Å². The van der Waals surface area contributed by atoms with Crippen LogP contribution in [-0.4, -0.2) is 40.3 Å². The van der Waals surface area contributed by atoms with Crippen LogP contribution in [0, 0.1) is 0 Å². The number of anilines is 1. The quantitative estimate of drug-likeness (QED) is 0.547. The number of amides is 1. The predicted octanol–water partition coefficient (Wildman–Crippen LogP) is 2.86. The Morgan fingerprint density at radius 2 is 2.00 bits per heavy atom. The van der Waals surface area contributed by atoms with Crippen LogP contribution in [0.15, 0.2) is 47.6 Å². The zero-order valence-electron chi connectivity index (χ0n) is 16.5. The fraction of sp³-hybridized carbons (Fsp3) is 0.250. The summed E-state index contributed by atoms with van der Waals surface area (Å²) in [6.45, 7) is 0.444. The highest BCUT2D eigenvalue weighted by Crippen LogP contribution is 2.34. The zero-order chi connectivity index (χ0) is 20.9. The third-order valence-corrected chi connectivity index (χ3v) is 5.34. The summed E-state index contributed by atoms with van der Waals surface area (Å²) >= 11 is 1.29. The van der Waals surface area contributed by atoms with Crippen LogP contribution in [-0.2, 0) is 18.4 Å². The molecule has 30 heavy (non-hydrogen) atoms. The van der Waals surface area contributed by atoms with Crippen LogP contribution in [0.2, 0.25) is 0 Å². The molecular formula is C20H20N4O5S. The molecule has 156 valence electrons. The van der Waals surface area contributed by atoms with Gasteiger partial charge in [0.05, 0.1) is 12.9 Å². The smallest absolute Gasteiger partial charge is 0.234 e. The first-order valence-corrected chi connectivity index (χ1v) is 10.1. The maximum Gasteiger partial charge on any atom is 0.234 e. The second-order valence-electron chi connectivity index (χ2n) is 6.33. The Hall–Kier alpha value is -3.40. The maximum atomic E-state index is 12.3. The summed E-state index contributed by atoms with van der Waals surface area (Å²) in [6.07, 6.45) is 0. The number of ether oxygens (including phenoxy) is 4. The van der Waals surface area contributed by atoms with Crippen molar-refractivity contribution in [3.8, 4) is 23.0 Å². The Labute approximate surface area is 177 Å². The van der Waals surface area contributed by atoms with Gasteiger partial charge in [-0.2, -0.15) is 0 Å². The van der Waals surface area contributed by atoms with E-state index in [4.69, 9.17) is 18.9 Å². The van der Waals surface area contributed by atoms with Gasteiger partial charge in [-0.3, -0.25) is 4.79 Å².